The van der Waals surface area contributed by atoms with Crippen LogP contribution in [-0.2, 0) is 0 Å². The largest absolute Gasteiger partial charge is 0.350 e. The number of primary amides is 1. The van der Waals surface area contributed by atoms with Gasteiger partial charge in [-0.05, 0) is 18.3 Å². The number of urea groups is 1. The maximum atomic E-state index is 10.3. The quantitative estimate of drug-likeness (QED) is 0.495. The molecule has 4 nitrogen and oxygen atoms in total. The van der Waals surface area contributed by atoms with E-state index < -0.39 is 6.03 Å². The van der Waals surface area contributed by atoms with Gasteiger partial charge < -0.3 is 5.73 Å². The second-order valence-corrected chi connectivity index (χ2v) is 4.45. The Morgan fingerprint density at radius 3 is 2.60 bits per heavy atom. The van der Waals surface area contributed by atoms with Gasteiger partial charge in [-0.3, -0.25) is 0 Å². The summed E-state index contributed by atoms with van der Waals surface area (Å²) in [7, 11) is 0. The Hall–Kier alpha value is -1.06. The number of nitrogens with zero attached hydrogens (tertiary/aromatic N) is 1. The molecular formula is C11H23N3O. The van der Waals surface area contributed by atoms with E-state index in [4.69, 9.17) is 5.73 Å². The maximum absolute atomic E-state index is 10.3. The molecule has 0 aliphatic heterocycles. The van der Waals surface area contributed by atoms with Gasteiger partial charge in [-0.1, -0.05) is 40.0 Å². The number of rotatable bonds is 7. The highest BCUT2D eigenvalue weighted by molar-refractivity contribution is 5.72. The molecule has 0 saturated heterocycles. The van der Waals surface area contributed by atoms with Gasteiger partial charge in [0.25, 0.3) is 0 Å². The number of nitrogens with two attached hydrogens (primary N) is 1. The van der Waals surface area contributed by atoms with Crippen molar-refractivity contribution in [3.8, 4) is 0 Å². The van der Waals surface area contributed by atoms with E-state index in [9.17, 15) is 4.79 Å². The van der Waals surface area contributed by atoms with E-state index in [1.807, 2.05) is 0 Å². The number of hydrogen-bond acceptors (Lipinski definition) is 2. The number of hydrazone groups is 1. The van der Waals surface area contributed by atoms with Gasteiger partial charge in [-0.2, -0.15) is 5.10 Å². The highest BCUT2D eigenvalue weighted by Gasteiger charge is 2.01. The van der Waals surface area contributed by atoms with Crippen LogP contribution in [-0.4, -0.2) is 12.2 Å². The third kappa shape index (κ3) is 10.9. The molecule has 4 heteroatoms. The maximum Gasteiger partial charge on any atom is 0.332 e. The highest BCUT2D eigenvalue weighted by atomic mass is 16.2. The smallest absolute Gasteiger partial charge is 0.332 e. The second-order valence-electron chi connectivity index (χ2n) is 4.45. The van der Waals surface area contributed by atoms with Gasteiger partial charge in [-0.15, -0.1) is 0 Å². The predicted molar refractivity (Wildman–Crippen MR) is 63.7 cm³/mol. The Kier molecular flexibility index (Phi) is 7.68. The van der Waals surface area contributed by atoms with Crippen LogP contribution in [0.5, 0.6) is 0 Å². The first kappa shape index (κ1) is 13.9. The molecule has 0 aromatic heterocycles. The summed E-state index contributed by atoms with van der Waals surface area (Å²) in [6.07, 6.45) is 6.35. The van der Waals surface area contributed by atoms with Crippen molar-refractivity contribution in [2.24, 2.45) is 22.7 Å². The molecule has 0 saturated carbocycles. The molecule has 1 atom stereocenters. The Balaban J connectivity index is 3.44. The van der Waals surface area contributed by atoms with E-state index in [1.165, 1.54) is 19.3 Å². The summed E-state index contributed by atoms with van der Waals surface area (Å²) in [5.41, 5.74) is 7.04. The Morgan fingerprint density at radius 1 is 1.40 bits per heavy atom. The van der Waals surface area contributed by atoms with Crippen LogP contribution in [0.4, 0.5) is 4.79 Å². The van der Waals surface area contributed by atoms with Crippen LogP contribution in [0.3, 0.4) is 0 Å². The van der Waals surface area contributed by atoms with Crippen LogP contribution in [0, 0.1) is 11.8 Å². The van der Waals surface area contributed by atoms with Crippen LogP contribution >= 0.6 is 0 Å². The monoisotopic (exact) mass is 213 g/mol. The molecule has 0 radical (unpaired) electrons. The predicted octanol–water partition coefficient (Wildman–Crippen LogP) is 2.49. The summed E-state index contributed by atoms with van der Waals surface area (Å²) in [6, 6.07) is -0.612. The van der Waals surface area contributed by atoms with Gasteiger partial charge in [0.2, 0.25) is 0 Å². The average molecular weight is 213 g/mol. The normalized spacial score (nSPS) is 13.3. The van der Waals surface area contributed by atoms with Crippen molar-refractivity contribution in [2.45, 2.75) is 46.5 Å². The van der Waals surface area contributed by atoms with E-state index in [0.29, 0.717) is 5.92 Å². The van der Waals surface area contributed by atoms with Crippen LogP contribution in [0.1, 0.15) is 46.5 Å². The van der Waals surface area contributed by atoms with Gasteiger partial charge in [0.1, 0.15) is 0 Å². The Morgan fingerprint density at radius 2 is 2.07 bits per heavy atom. The number of amides is 2. The van der Waals surface area contributed by atoms with Crippen molar-refractivity contribution in [1.82, 2.24) is 5.43 Å². The van der Waals surface area contributed by atoms with Crippen molar-refractivity contribution in [2.75, 3.05) is 0 Å². The van der Waals surface area contributed by atoms with Gasteiger partial charge in [0.15, 0.2) is 0 Å². The van der Waals surface area contributed by atoms with E-state index in [1.54, 1.807) is 6.21 Å². The number of carbonyl (C=O) groups excluding carboxylic acids is 1. The molecule has 0 bridgehead atoms. The number of hydrogen-bond donors (Lipinski definition) is 2. The molecule has 15 heavy (non-hydrogen) atoms. The third-order valence-corrected chi connectivity index (χ3v) is 2.25. The SMILES string of the molecule is CC(C)CCCC(C)C/C=N/NC(N)=O. The summed E-state index contributed by atoms with van der Waals surface area (Å²) in [4.78, 5) is 10.3. The Bertz CT molecular complexity index is 202. The van der Waals surface area contributed by atoms with Crippen LogP contribution < -0.4 is 11.2 Å². The van der Waals surface area contributed by atoms with Crippen LogP contribution in [0.15, 0.2) is 5.10 Å². The van der Waals surface area contributed by atoms with Gasteiger partial charge in [0.05, 0.1) is 0 Å². The lowest BCUT2D eigenvalue weighted by Gasteiger charge is -2.09. The molecule has 0 aromatic rings. The molecule has 0 spiro atoms. The summed E-state index contributed by atoms with van der Waals surface area (Å²) < 4.78 is 0. The summed E-state index contributed by atoms with van der Waals surface area (Å²) in [5.74, 6) is 1.39. The molecule has 3 N–H and O–H groups in total. The second kappa shape index (κ2) is 8.26. The zero-order chi connectivity index (χ0) is 11.7. The average Bonchev–Trinajstić information content (AvgIpc) is 2.11. The molecule has 0 aliphatic carbocycles. The summed E-state index contributed by atoms with van der Waals surface area (Å²) in [6.45, 7) is 6.67. The van der Waals surface area contributed by atoms with Crippen molar-refractivity contribution in [3.05, 3.63) is 0 Å². The lowest BCUT2D eigenvalue weighted by atomic mass is 9.98. The molecule has 88 valence electrons. The van der Waals surface area contributed by atoms with Crippen LogP contribution in [0.2, 0.25) is 0 Å². The molecule has 1 unspecified atom stereocenters. The van der Waals surface area contributed by atoms with Gasteiger partial charge >= 0.3 is 6.03 Å². The first-order valence-electron chi connectivity index (χ1n) is 5.59. The molecule has 0 aromatic carbocycles. The summed E-state index contributed by atoms with van der Waals surface area (Å²) in [5, 5.41) is 3.70. The van der Waals surface area contributed by atoms with E-state index in [0.717, 1.165) is 12.3 Å². The standard InChI is InChI=1S/C11H23N3O/c1-9(2)5-4-6-10(3)7-8-13-14-11(12)15/h8-10H,4-7H2,1-3H3,(H3,12,14,15)/b13-8+. The fourth-order valence-electron chi connectivity index (χ4n) is 1.33. The minimum absolute atomic E-state index is 0.612. The van der Waals surface area contributed by atoms with E-state index >= 15 is 0 Å². The Labute approximate surface area is 92.3 Å². The van der Waals surface area contributed by atoms with Crippen molar-refractivity contribution >= 4 is 12.2 Å². The molecule has 0 rings (SSSR count). The first-order valence-corrected chi connectivity index (χ1v) is 5.59. The van der Waals surface area contributed by atoms with Gasteiger partial charge in [0, 0.05) is 6.21 Å². The lowest BCUT2D eigenvalue weighted by Crippen LogP contribution is -2.24. The zero-order valence-electron chi connectivity index (χ0n) is 9.99. The first-order chi connectivity index (χ1) is 7.02. The fraction of sp³-hybridized carbons (Fsp3) is 0.818. The van der Waals surface area contributed by atoms with Crippen LogP contribution in [0.25, 0.3) is 0 Å². The number of nitrogens with one attached hydrogen (secondary N) is 1. The molecule has 0 heterocycles. The zero-order valence-corrected chi connectivity index (χ0v) is 9.99. The molecule has 0 aliphatic rings. The van der Waals surface area contributed by atoms with E-state index in [2.05, 4.69) is 31.3 Å². The van der Waals surface area contributed by atoms with Crippen molar-refractivity contribution in [3.63, 3.8) is 0 Å². The lowest BCUT2D eigenvalue weighted by molar-refractivity contribution is 0.249. The third-order valence-electron chi connectivity index (χ3n) is 2.25. The molecule has 0 fully saturated rings. The topological polar surface area (TPSA) is 67.5 Å². The molecule has 2 amide bonds. The number of carbonyl (C=O) groups is 1. The fourth-order valence-corrected chi connectivity index (χ4v) is 1.33. The summed E-state index contributed by atoms with van der Waals surface area (Å²) >= 11 is 0. The van der Waals surface area contributed by atoms with Crippen molar-refractivity contribution in [1.29, 1.82) is 0 Å². The minimum atomic E-state index is -0.612. The van der Waals surface area contributed by atoms with E-state index in [-0.39, 0.29) is 0 Å². The highest BCUT2D eigenvalue weighted by Crippen LogP contribution is 2.13. The minimum Gasteiger partial charge on any atom is -0.350 e. The molecular weight excluding hydrogens is 190 g/mol. The van der Waals surface area contributed by atoms with Crippen molar-refractivity contribution < 1.29 is 4.79 Å². The van der Waals surface area contributed by atoms with Gasteiger partial charge in [-0.25, -0.2) is 10.2 Å².